The van der Waals surface area contributed by atoms with E-state index in [4.69, 9.17) is 122 Å². The Morgan fingerprint density at radius 3 is 0.0952 bits per heavy atom. The van der Waals surface area contributed by atoms with Crippen LogP contribution < -0.4 is 61.5 Å². The summed E-state index contributed by atoms with van der Waals surface area (Å²) in [5.41, 5.74) is 0. The van der Waals surface area contributed by atoms with Crippen molar-refractivity contribution in [1.82, 2.24) is 61.5 Å². The molecule has 0 bridgehead atoms. The molecule has 0 aromatic heterocycles. The molecule has 0 aliphatic heterocycles. The third-order valence-corrected chi connectivity index (χ3v) is 0. The van der Waals surface area contributed by atoms with E-state index in [1.54, 1.807) is 0 Å². The van der Waals surface area contributed by atoms with E-state index in [1.807, 2.05) is 0 Å². The zero-order chi connectivity index (χ0) is 42.9. The first-order valence-corrected chi connectivity index (χ1v) is 49.1. The van der Waals surface area contributed by atoms with Crippen LogP contribution in [-0.4, -0.2) is 0 Å². The second-order valence-corrected chi connectivity index (χ2v) is 20.0. The molecule has 0 aromatic carbocycles. The van der Waals surface area contributed by atoms with Crippen LogP contribution in [0.25, 0.3) is 0 Å². The van der Waals surface area contributed by atoms with Gasteiger partial charge in [-0.1, -0.05) is 0 Å². The summed E-state index contributed by atoms with van der Waals surface area (Å²) in [7, 11) is 0. The Kier molecular flexibility index (Phi) is 525. The summed E-state index contributed by atoms with van der Waals surface area (Å²) in [6.07, 6.45) is 0. The quantitative estimate of drug-likeness (QED) is 0.137. The molecule has 40 N–H and O–H groups in total. The van der Waals surface area contributed by atoms with Crippen molar-refractivity contribution < 1.29 is 356 Å². The van der Waals surface area contributed by atoms with Crippen molar-refractivity contribution in [3.05, 3.63) is 0 Å². The summed E-state index contributed by atoms with van der Waals surface area (Å²) in [5.74, 6) is 0. The minimum absolute atomic E-state index is 0. The van der Waals surface area contributed by atoms with E-state index >= 15 is 0 Å². The summed E-state index contributed by atoms with van der Waals surface area (Å²) in [4.78, 5) is 0. The molecule has 0 aliphatic rings. The predicted molar refractivity (Wildman–Crippen MR) is 88.0 cm³/mol. The van der Waals surface area contributed by atoms with Crippen LogP contribution in [0.5, 0.6) is 0 Å². The summed E-state index contributed by atoms with van der Waals surface area (Å²) in [6, 6.07) is 0. The van der Waals surface area contributed by atoms with Crippen LogP contribution >= 0.6 is 0 Å². The van der Waals surface area contributed by atoms with Gasteiger partial charge in [0.05, 0.1) is 0 Å². The van der Waals surface area contributed by atoms with Crippen LogP contribution in [0.4, 0.5) is 0 Å². The summed E-state index contributed by atoms with van der Waals surface area (Å²) in [5, 5.41) is 0. The minimum atomic E-state index is -4.28. The van der Waals surface area contributed by atoms with Crippen molar-refractivity contribution >= 4 is 0 Å². The van der Waals surface area contributed by atoms with Gasteiger partial charge in [-0.3, -0.25) is 0 Å². The van der Waals surface area contributed by atoms with Crippen LogP contribution in [0.1, 0.15) is 0 Å². The van der Waals surface area contributed by atoms with Gasteiger partial charge in [-0.05, 0) is 0 Å². The first-order chi connectivity index (χ1) is 20.8. The van der Waals surface area contributed by atoms with Gasteiger partial charge in [0, 0.05) is 0 Å². The van der Waals surface area contributed by atoms with E-state index in [0.717, 1.165) is 0 Å². The molecule has 0 radical (unpaired) electrons. The van der Waals surface area contributed by atoms with Gasteiger partial charge in [0.1, 0.15) is 0 Å². The van der Waals surface area contributed by atoms with Gasteiger partial charge in [-0.25, -0.2) is 0 Å². The Morgan fingerprint density at radius 2 is 0.0952 bits per heavy atom. The Bertz CT molecular complexity index is 1560. The molecule has 0 amide bonds. The molecule has 63 heteroatoms. The molecule has 0 fully saturated rings. The van der Waals surface area contributed by atoms with Crippen LogP contribution in [0, 0.1) is 0 Å². The molecule has 0 aromatic rings. The van der Waals surface area contributed by atoms with E-state index in [2.05, 4.69) is 0 Å². The van der Waals surface area contributed by atoms with Crippen LogP contribution in [-0.2, 0) is 356 Å². The Labute approximate surface area is 411 Å². The third kappa shape index (κ3) is 1080000. The van der Waals surface area contributed by atoms with Gasteiger partial charge in [0.25, 0.3) is 0 Å². The van der Waals surface area contributed by atoms with E-state index in [9.17, 15) is 0 Å². The third-order valence-electron chi connectivity index (χ3n) is 0. The zero-order valence-electron chi connectivity index (χ0n) is 31.6. The molecule has 63 heavy (non-hydrogen) atoms. The van der Waals surface area contributed by atoms with Crippen LogP contribution in [0.15, 0.2) is 0 Å². The van der Waals surface area contributed by atoms with E-state index < -0.39 is 206 Å². The summed E-state index contributed by atoms with van der Waals surface area (Å²) >= 11 is -51.3. The maximum atomic E-state index is 8.61. The first kappa shape index (κ1) is 186. The number of hydrogen-bond donors (Lipinski definition) is 10. The monoisotopic (exact) mass is 3040 g/mol. The predicted octanol–water partition coefficient (Wildman–Crippen LogP) is -1.14. The normalized spacial score (nSPS) is 4.57. The Balaban J connectivity index is -0.00000000879. The second kappa shape index (κ2) is 177. The Morgan fingerprint density at radius 1 is 0.0952 bits per heavy atom. The topological polar surface area (TPSA) is 1120 Å². The van der Waals surface area contributed by atoms with Crippen LogP contribution in [0.3, 0.4) is 0 Å². The number of rotatable bonds is 0. The molecular weight excluding hydrogens is 3000 g/mol. The average molecular weight is 3040 g/mol. The molecule has 0 saturated carbocycles. The molecule has 408 valence electrons. The molecule has 0 heterocycles. The zero-order valence-corrected chi connectivity index (χ0v) is 66.8. The fourth-order valence-corrected chi connectivity index (χ4v) is 0. The van der Waals surface area contributed by atoms with Gasteiger partial charge in [-0.2, -0.15) is 0 Å². The SMILES string of the molecule is [NH4+].[NH4+].[NH4+].[NH4+].[NH4+].[NH4+].[NH4+].[NH4+].[NH4+].[NH4+].[O-2].[O-2].[O-2].[O-2].[O-2].[O]=[W](=[O])=[O].[O]=[W](=[O])=[O].[O]=[W](=[O])=[O].[O]=[W](=[O])=[O].[O]=[W](=[O])=[O].[O]=[W](=[O])=[O].[O]=[W](=[O])=[O].[O]=[W](=[O])=[O].[O]=[W](=[O])=[O].[O]=[W](=[O])=[O].[O]=[W](=[O])=[O].[O]=[W](=[O])=[O]. The second-order valence-electron chi connectivity index (χ2n) is 2.45. The van der Waals surface area contributed by atoms with Crippen molar-refractivity contribution in [2.75, 3.05) is 0 Å². The molecular formula is H40N10O41W12. The molecule has 0 saturated heterocycles. The number of quaternary nitrogens is 10. The van der Waals surface area contributed by atoms with Gasteiger partial charge in [0.15, 0.2) is 0 Å². The molecule has 0 aliphatic carbocycles. The van der Waals surface area contributed by atoms with Crippen molar-refractivity contribution in [3.8, 4) is 0 Å². The van der Waals surface area contributed by atoms with Gasteiger partial charge in [-0.15, -0.1) is 0 Å². The number of hydrogen-bond acceptors (Lipinski definition) is 36. The Hall–Kier alpha value is 0.460. The van der Waals surface area contributed by atoms with E-state index in [-0.39, 0.29) is 88.9 Å². The van der Waals surface area contributed by atoms with Crippen molar-refractivity contribution in [1.29, 1.82) is 0 Å². The van der Waals surface area contributed by atoms with Crippen molar-refractivity contribution in [2.24, 2.45) is 0 Å². The fraction of sp³-hybridized carbons (Fsp3) is 0. The summed E-state index contributed by atoms with van der Waals surface area (Å²) in [6.45, 7) is 0. The molecule has 0 unspecified atom stereocenters. The van der Waals surface area contributed by atoms with Gasteiger partial charge < -0.3 is 88.9 Å². The van der Waals surface area contributed by atoms with Gasteiger partial charge >= 0.3 is 329 Å². The summed E-state index contributed by atoms with van der Waals surface area (Å²) < 4.78 is 310. The molecule has 0 rings (SSSR count). The molecule has 0 atom stereocenters. The van der Waals surface area contributed by atoms with Gasteiger partial charge in [0.2, 0.25) is 0 Å². The fourth-order valence-electron chi connectivity index (χ4n) is 0. The maximum absolute atomic E-state index is 8.61. The first-order valence-electron chi connectivity index (χ1n) is 6.00. The van der Waals surface area contributed by atoms with E-state index in [0.29, 0.717) is 0 Å². The van der Waals surface area contributed by atoms with Crippen molar-refractivity contribution in [3.63, 3.8) is 0 Å². The molecule has 0 spiro atoms. The molecule has 51 nitrogen and oxygen atoms in total. The standard InChI is InChI=1S/10H3N.41O.12W/h10*1H3;;;;;;;;;;;;;;;;;;;;;;;;;;;;;;;;;;;;;;;;;;;;;;;;;;;;;/q;;;;;;;;;;;;;;;;;;;;;;;;;;;;;;;;;;;;;;;;;;;;;;5*-2;;;;;;;;;;;;/p+10. The van der Waals surface area contributed by atoms with Crippen molar-refractivity contribution in [2.45, 2.75) is 0 Å². The van der Waals surface area contributed by atoms with E-state index in [1.165, 1.54) is 0 Å². The average Bonchev–Trinajstić information content (AvgIpc) is 2.61. The van der Waals surface area contributed by atoms with Crippen LogP contribution in [0.2, 0.25) is 0 Å².